The van der Waals surface area contributed by atoms with E-state index in [-0.39, 0.29) is 0 Å². The van der Waals surface area contributed by atoms with Crippen molar-refractivity contribution in [1.29, 1.82) is 0 Å². The highest BCUT2D eigenvalue weighted by Gasteiger charge is 2.43. The van der Waals surface area contributed by atoms with Gasteiger partial charge < -0.3 is 25.4 Å². The monoisotopic (exact) mass is 319 g/mol. The molecule has 2 heterocycles. The fraction of sp³-hybridized carbons (Fsp3) is 0.333. The molecule has 4 N–H and O–H groups in total. The fourth-order valence-electron chi connectivity index (χ4n) is 2.46. The third-order valence-electron chi connectivity index (χ3n) is 3.67. The van der Waals surface area contributed by atoms with Crippen LogP contribution < -0.4 is 11.0 Å². The van der Waals surface area contributed by atoms with Crippen LogP contribution in [0.1, 0.15) is 6.23 Å². The number of rotatable bonds is 4. The topological polar surface area (TPSA) is 117 Å². The van der Waals surface area contributed by atoms with E-state index in [2.05, 4.69) is 10.3 Å². The highest BCUT2D eigenvalue weighted by Crippen LogP contribution is 2.28. The maximum atomic E-state index is 12.1. The molecule has 1 aliphatic heterocycles. The van der Waals surface area contributed by atoms with E-state index in [1.807, 2.05) is 30.3 Å². The first-order valence-corrected chi connectivity index (χ1v) is 7.14. The molecule has 1 aromatic carbocycles. The molecular weight excluding hydrogens is 302 g/mol. The Morgan fingerprint density at radius 3 is 2.52 bits per heavy atom. The zero-order valence-corrected chi connectivity index (χ0v) is 12.1. The molecule has 122 valence electrons. The summed E-state index contributed by atoms with van der Waals surface area (Å²) in [6, 6.07) is 10.8. The molecule has 8 nitrogen and oxygen atoms in total. The van der Waals surface area contributed by atoms with Crippen LogP contribution in [0.25, 0.3) is 0 Å². The van der Waals surface area contributed by atoms with Gasteiger partial charge in [-0.05, 0) is 18.2 Å². The van der Waals surface area contributed by atoms with Crippen LogP contribution >= 0.6 is 0 Å². The molecule has 1 unspecified atom stereocenters. The summed E-state index contributed by atoms with van der Waals surface area (Å²) in [6.45, 7) is -0.454. The number of nitrogens with one attached hydrogen (secondary N) is 1. The van der Waals surface area contributed by atoms with Crippen LogP contribution in [0.15, 0.2) is 47.4 Å². The van der Waals surface area contributed by atoms with Gasteiger partial charge in [0.2, 0.25) is 0 Å². The Bertz CT molecular complexity index is 721. The number of hydrogen-bond acceptors (Lipinski definition) is 7. The van der Waals surface area contributed by atoms with Gasteiger partial charge >= 0.3 is 5.69 Å². The number of para-hydroxylation sites is 1. The minimum Gasteiger partial charge on any atom is -0.394 e. The molecule has 0 saturated carbocycles. The predicted octanol–water partition coefficient (Wildman–Crippen LogP) is -0.402. The molecule has 1 aromatic heterocycles. The first-order valence-electron chi connectivity index (χ1n) is 7.14. The molecule has 0 amide bonds. The lowest BCUT2D eigenvalue weighted by molar-refractivity contribution is -0.0549. The van der Waals surface area contributed by atoms with Gasteiger partial charge in [-0.25, -0.2) is 4.79 Å². The largest absolute Gasteiger partial charge is 0.394 e. The molecule has 1 fully saturated rings. The third kappa shape index (κ3) is 3.10. The maximum absolute atomic E-state index is 12.1. The molecule has 0 aliphatic carbocycles. The van der Waals surface area contributed by atoms with Gasteiger partial charge in [-0.1, -0.05) is 18.2 Å². The maximum Gasteiger partial charge on any atom is 0.351 e. The van der Waals surface area contributed by atoms with E-state index in [9.17, 15) is 15.0 Å². The second kappa shape index (κ2) is 6.47. The summed E-state index contributed by atoms with van der Waals surface area (Å²) in [4.78, 5) is 16.0. The first kappa shape index (κ1) is 15.6. The van der Waals surface area contributed by atoms with Crippen LogP contribution in [0.4, 0.5) is 11.5 Å². The van der Waals surface area contributed by atoms with Crippen molar-refractivity contribution in [3.05, 3.63) is 53.1 Å². The van der Waals surface area contributed by atoms with Crippen molar-refractivity contribution in [2.45, 2.75) is 24.5 Å². The van der Waals surface area contributed by atoms with Crippen molar-refractivity contribution in [2.24, 2.45) is 0 Å². The smallest absolute Gasteiger partial charge is 0.351 e. The summed E-state index contributed by atoms with van der Waals surface area (Å²) in [7, 11) is 0. The molecule has 1 saturated heterocycles. The Morgan fingerprint density at radius 1 is 1.17 bits per heavy atom. The van der Waals surface area contributed by atoms with Gasteiger partial charge in [0.15, 0.2) is 6.23 Å². The van der Waals surface area contributed by atoms with Gasteiger partial charge in [0, 0.05) is 11.9 Å². The van der Waals surface area contributed by atoms with E-state index < -0.39 is 36.8 Å². The van der Waals surface area contributed by atoms with Gasteiger partial charge in [0.1, 0.15) is 24.1 Å². The van der Waals surface area contributed by atoms with Crippen molar-refractivity contribution in [2.75, 3.05) is 11.9 Å². The van der Waals surface area contributed by atoms with Gasteiger partial charge in [-0.3, -0.25) is 4.57 Å². The fourth-order valence-corrected chi connectivity index (χ4v) is 2.46. The van der Waals surface area contributed by atoms with Crippen LogP contribution in [0.5, 0.6) is 0 Å². The van der Waals surface area contributed by atoms with Crippen LogP contribution in [-0.4, -0.2) is 49.8 Å². The number of aliphatic hydroxyl groups excluding tert-OH is 3. The summed E-state index contributed by atoms with van der Waals surface area (Å²) >= 11 is 0. The Labute approximate surface area is 131 Å². The molecule has 4 atom stereocenters. The van der Waals surface area contributed by atoms with Crippen LogP contribution in [0.2, 0.25) is 0 Å². The highest BCUT2D eigenvalue weighted by atomic mass is 16.6. The van der Waals surface area contributed by atoms with Crippen LogP contribution in [-0.2, 0) is 4.74 Å². The third-order valence-corrected chi connectivity index (χ3v) is 3.67. The molecular formula is C15H17N3O5. The van der Waals surface area contributed by atoms with E-state index >= 15 is 0 Å². The minimum absolute atomic E-state index is 0.351. The van der Waals surface area contributed by atoms with E-state index in [0.29, 0.717) is 5.82 Å². The summed E-state index contributed by atoms with van der Waals surface area (Å²) in [5.74, 6) is 0.351. The molecule has 8 heteroatoms. The van der Waals surface area contributed by atoms with Gasteiger partial charge in [0.25, 0.3) is 0 Å². The average Bonchev–Trinajstić information content (AvgIpc) is 2.84. The minimum atomic E-state index is -1.32. The number of benzene rings is 1. The molecule has 1 aliphatic rings. The number of ether oxygens (including phenoxy) is 1. The Kier molecular flexibility index (Phi) is 4.39. The molecule has 0 spiro atoms. The summed E-state index contributed by atoms with van der Waals surface area (Å²) in [5.41, 5.74) is 0.144. The van der Waals surface area contributed by atoms with Gasteiger partial charge in [0.05, 0.1) is 6.61 Å². The second-order valence-corrected chi connectivity index (χ2v) is 5.22. The second-order valence-electron chi connectivity index (χ2n) is 5.22. The summed E-state index contributed by atoms with van der Waals surface area (Å²) < 4.78 is 6.40. The lowest BCUT2D eigenvalue weighted by atomic mass is 10.1. The predicted molar refractivity (Wildman–Crippen MR) is 81.2 cm³/mol. The number of hydrogen-bond donors (Lipinski definition) is 4. The number of aromatic nitrogens is 2. The SMILES string of the molecule is O=c1nc(Nc2ccccc2)ccn1[C@@H]1O[C@H](CO)[C@H](O)C1O. The van der Waals surface area contributed by atoms with Gasteiger partial charge in [-0.2, -0.15) is 4.98 Å². The van der Waals surface area contributed by atoms with Crippen LogP contribution in [0, 0.1) is 0 Å². The average molecular weight is 319 g/mol. The Balaban J connectivity index is 1.82. The van der Waals surface area contributed by atoms with Crippen molar-refractivity contribution >= 4 is 11.5 Å². The highest BCUT2D eigenvalue weighted by molar-refractivity contribution is 5.54. The van der Waals surface area contributed by atoms with Crippen LogP contribution in [0.3, 0.4) is 0 Å². The normalized spacial score (nSPS) is 27.1. The summed E-state index contributed by atoms with van der Waals surface area (Å²) in [6.07, 6.45) is -3.20. The Hall–Kier alpha value is -2.26. The molecule has 2 aromatic rings. The number of nitrogens with zero attached hydrogens (tertiary/aromatic N) is 2. The molecule has 0 bridgehead atoms. The van der Waals surface area contributed by atoms with Crippen molar-refractivity contribution in [1.82, 2.24) is 9.55 Å². The lowest BCUT2D eigenvalue weighted by Gasteiger charge is -2.17. The van der Waals surface area contributed by atoms with E-state index in [1.54, 1.807) is 6.07 Å². The number of anilines is 2. The van der Waals surface area contributed by atoms with Crippen molar-refractivity contribution < 1.29 is 20.1 Å². The van der Waals surface area contributed by atoms with Gasteiger partial charge in [-0.15, -0.1) is 0 Å². The van der Waals surface area contributed by atoms with Crippen molar-refractivity contribution in [3.8, 4) is 0 Å². The zero-order chi connectivity index (χ0) is 16.4. The lowest BCUT2D eigenvalue weighted by Crippen LogP contribution is -2.36. The zero-order valence-electron chi connectivity index (χ0n) is 12.1. The molecule has 23 heavy (non-hydrogen) atoms. The first-order chi connectivity index (χ1) is 11.1. The van der Waals surface area contributed by atoms with E-state index in [1.165, 1.54) is 6.20 Å². The molecule has 3 rings (SSSR count). The van der Waals surface area contributed by atoms with E-state index in [0.717, 1.165) is 10.3 Å². The summed E-state index contributed by atoms with van der Waals surface area (Å²) in [5, 5.41) is 31.8. The van der Waals surface area contributed by atoms with Crippen molar-refractivity contribution in [3.63, 3.8) is 0 Å². The Morgan fingerprint density at radius 2 is 1.91 bits per heavy atom. The molecule has 0 radical (unpaired) electrons. The quantitative estimate of drug-likeness (QED) is 0.606. The van der Waals surface area contributed by atoms with E-state index in [4.69, 9.17) is 9.84 Å². The number of aliphatic hydroxyl groups is 3. The standard InChI is InChI=1S/C15H17N3O5/c19-8-10-12(20)13(21)14(23-10)18-7-6-11(17-15(18)22)16-9-4-2-1-3-5-9/h1-7,10,12-14,19-21H,8H2,(H,16,17,22)/t10-,12+,13?,14-/m1/s1.